The molecule has 0 saturated heterocycles. The summed E-state index contributed by atoms with van der Waals surface area (Å²) in [6, 6.07) is 9.90. The molecule has 4 nitrogen and oxygen atoms in total. The quantitative estimate of drug-likeness (QED) is 0.255. The van der Waals surface area contributed by atoms with Gasteiger partial charge in [0.05, 0.1) is 6.61 Å². The first-order valence-electron chi connectivity index (χ1n) is 7.55. The number of ether oxygens (including phenoxy) is 1. The van der Waals surface area contributed by atoms with Crippen LogP contribution in [0.3, 0.4) is 0 Å². The van der Waals surface area contributed by atoms with Crippen molar-refractivity contribution in [1.29, 1.82) is 0 Å². The Morgan fingerprint density at radius 1 is 1.18 bits per heavy atom. The maximum Gasteiger partial charge on any atom is 0.191 e. The molecule has 0 bridgehead atoms. The maximum absolute atomic E-state index is 5.65. The molecule has 0 unspecified atom stereocenters. The molecule has 1 aromatic carbocycles. The number of benzene rings is 1. The van der Waals surface area contributed by atoms with E-state index in [0.29, 0.717) is 6.61 Å². The molecule has 126 valence electrons. The molecule has 0 aliphatic heterocycles. The third-order valence-corrected chi connectivity index (χ3v) is 3.44. The van der Waals surface area contributed by atoms with E-state index in [2.05, 4.69) is 28.8 Å². The monoisotopic (exact) mass is 437 g/mol. The molecular weight excluding hydrogens is 409 g/mol. The van der Waals surface area contributed by atoms with Crippen LogP contribution in [-0.4, -0.2) is 44.2 Å². The minimum absolute atomic E-state index is 0. The van der Waals surface area contributed by atoms with E-state index in [4.69, 9.17) is 4.74 Å². The predicted molar refractivity (Wildman–Crippen MR) is 109 cm³/mol. The van der Waals surface area contributed by atoms with Crippen LogP contribution in [0.4, 0.5) is 0 Å². The average molecular weight is 437 g/mol. The van der Waals surface area contributed by atoms with Crippen LogP contribution in [0.2, 0.25) is 0 Å². The molecule has 0 saturated carbocycles. The Balaban J connectivity index is 0.00000441. The van der Waals surface area contributed by atoms with Gasteiger partial charge in [0.25, 0.3) is 0 Å². The van der Waals surface area contributed by atoms with Crippen molar-refractivity contribution >= 4 is 41.7 Å². The number of hydrogen-bond donors (Lipinski definition) is 2. The molecule has 0 radical (unpaired) electrons. The Morgan fingerprint density at radius 3 is 2.64 bits per heavy atom. The third-order valence-electron chi connectivity index (χ3n) is 2.75. The summed E-state index contributed by atoms with van der Waals surface area (Å²) in [5.41, 5.74) is 0. The minimum atomic E-state index is 0. The molecule has 0 heterocycles. The first-order chi connectivity index (χ1) is 10.4. The largest absolute Gasteiger partial charge is 0.494 e. The topological polar surface area (TPSA) is 45.7 Å². The van der Waals surface area contributed by atoms with Crippen molar-refractivity contribution in [2.24, 2.45) is 4.99 Å². The van der Waals surface area contributed by atoms with Gasteiger partial charge >= 0.3 is 0 Å². The van der Waals surface area contributed by atoms with Gasteiger partial charge in [0.15, 0.2) is 5.96 Å². The number of para-hydroxylation sites is 1. The molecule has 0 fully saturated rings. The Labute approximate surface area is 155 Å². The van der Waals surface area contributed by atoms with Crippen LogP contribution >= 0.6 is 35.7 Å². The standard InChI is InChI=1S/C16H27N3OS.HI/c1-3-17-16(19-12-8-14-21-2)18-11-7-13-20-15-9-5-4-6-10-15;/h4-6,9-10H,3,7-8,11-14H2,1-2H3,(H2,17,18,19);1H. The van der Waals surface area contributed by atoms with Crippen molar-refractivity contribution in [2.75, 3.05) is 38.2 Å². The second-order valence-corrected chi connectivity index (χ2v) is 5.53. The molecule has 6 heteroatoms. The summed E-state index contributed by atoms with van der Waals surface area (Å²) < 4.78 is 5.65. The van der Waals surface area contributed by atoms with Crippen LogP contribution in [0.25, 0.3) is 0 Å². The lowest BCUT2D eigenvalue weighted by Crippen LogP contribution is -2.38. The van der Waals surface area contributed by atoms with Gasteiger partial charge in [-0.05, 0) is 37.5 Å². The van der Waals surface area contributed by atoms with Crippen LogP contribution in [0.1, 0.15) is 19.8 Å². The molecule has 22 heavy (non-hydrogen) atoms. The van der Waals surface area contributed by atoms with E-state index in [0.717, 1.165) is 44.2 Å². The molecule has 2 N–H and O–H groups in total. The van der Waals surface area contributed by atoms with E-state index in [-0.39, 0.29) is 24.0 Å². The van der Waals surface area contributed by atoms with Crippen molar-refractivity contribution in [2.45, 2.75) is 19.8 Å². The molecule has 0 amide bonds. The third kappa shape index (κ3) is 11.0. The highest BCUT2D eigenvalue weighted by molar-refractivity contribution is 14.0. The van der Waals surface area contributed by atoms with Gasteiger partial charge < -0.3 is 15.4 Å². The van der Waals surface area contributed by atoms with E-state index < -0.39 is 0 Å². The normalized spacial score (nSPS) is 10.7. The molecule has 0 aliphatic rings. The first-order valence-corrected chi connectivity index (χ1v) is 8.95. The van der Waals surface area contributed by atoms with Crippen LogP contribution < -0.4 is 15.4 Å². The first kappa shape index (κ1) is 21.4. The van der Waals surface area contributed by atoms with Crippen LogP contribution in [-0.2, 0) is 0 Å². The number of nitrogens with one attached hydrogen (secondary N) is 2. The molecule has 0 aliphatic carbocycles. The fraction of sp³-hybridized carbons (Fsp3) is 0.562. The highest BCUT2D eigenvalue weighted by Gasteiger charge is 1.96. The summed E-state index contributed by atoms with van der Waals surface area (Å²) >= 11 is 1.87. The van der Waals surface area contributed by atoms with Crippen molar-refractivity contribution in [3.05, 3.63) is 30.3 Å². The number of hydrogen-bond acceptors (Lipinski definition) is 3. The van der Waals surface area contributed by atoms with Crippen molar-refractivity contribution in [1.82, 2.24) is 10.6 Å². The second-order valence-electron chi connectivity index (χ2n) is 4.55. The van der Waals surface area contributed by atoms with Gasteiger partial charge in [-0.2, -0.15) is 11.8 Å². The van der Waals surface area contributed by atoms with Gasteiger partial charge in [0, 0.05) is 26.1 Å². The smallest absolute Gasteiger partial charge is 0.191 e. The number of guanidine groups is 1. The van der Waals surface area contributed by atoms with Gasteiger partial charge in [-0.3, -0.25) is 4.99 Å². The molecule has 0 spiro atoms. The van der Waals surface area contributed by atoms with E-state index in [1.807, 2.05) is 42.1 Å². The van der Waals surface area contributed by atoms with Gasteiger partial charge in [-0.1, -0.05) is 18.2 Å². The Hall–Kier alpha value is -0.630. The van der Waals surface area contributed by atoms with Crippen LogP contribution in [0.15, 0.2) is 35.3 Å². The van der Waals surface area contributed by atoms with Crippen LogP contribution in [0.5, 0.6) is 5.75 Å². The van der Waals surface area contributed by atoms with Gasteiger partial charge in [-0.15, -0.1) is 24.0 Å². The van der Waals surface area contributed by atoms with Crippen molar-refractivity contribution in [3.63, 3.8) is 0 Å². The second kappa shape index (κ2) is 15.3. The summed E-state index contributed by atoms with van der Waals surface area (Å²) in [6.45, 7) is 5.39. The van der Waals surface area contributed by atoms with E-state index in [1.165, 1.54) is 5.75 Å². The summed E-state index contributed by atoms with van der Waals surface area (Å²) in [5.74, 6) is 3.00. The number of nitrogens with zero attached hydrogens (tertiary/aromatic N) is 1. The van der Waals surface area contributed by atoms with E-state index >= 15 is 0 Å². The highest BCUT2D eigenvalue weighted by atomic mass is 127. The zero-order valence-corrected chi connectivity index (χ0v) is 16.7. The average Bonchev–Trinajstić information content (AvgIpc) is 2.52. The van der Waals surface area contributed by atoms with Crippen LogP contribution in [0, 0.1) is 0 Å². The zero-order chi connectivity index (χ0) is 15.2. The van der Waals surface area contributed by atoms with E-state index in [1.54, 1.807) is 0 Å². The molecule has 1 rings (SSSR count). The number of aliphatic imine (C=N–C) groups is 1. The predicted octanol–water partition coefficient (Wildman–Crippen LogP) is 3.38. The Kier molecular flexibility index (Phi) is 14.8. The maximum atomic E-state index is 5.65. The van der Waals surface area contributed by atoms with Gasteiger partial charge in [-0.25, -0.2) is 0 Å². The number of rotatable bonds is 10. The number of thioether (sulfide) groups is 1. The van der Waals surface area contributed by atoms with Gasteiger partial charge in [0.1, 0.15) is 5.75 Å². The molecule has 1 aromatic rings. The molecule has 0 atom stereocenters. The van der Waals surface area contributed by atoms with Crippen molar-refractivity contribution in [3.8, 4) is 5.75 Å². The SMILES string of the molecule is CCNC(=NCCCOc1ccccc1)NCCCSC.I. The lowest BCUT2D eigenvalue weighted by atomic mass is 10.3. The lowest BCUT2D eigenvalue weighted by Gasteiger charge is -2.11. The summed E-state index contributed by atoms with van der Waals surface area (Å²) in [6.07, 6.45) is 4.20. The fourth-order valence-electron chi connectivity index (χ4n) is 1.73. The molecule has 0 aromatic heterocycles. The summed E-state index contributed by atoms with van der Waals surface area (Å²) in [7, 11) is 0. The van der Waals surface area contributed by atoms with E-state index in [9.17, 15) is 0 Å². The minimum Gasteiger partial charge on any atom is -0.494 e. The molecular formula is C16H28IN3OS. The summed E-state index contributed by atoms with van der Waals surface area (Å²) in [5, 5.41) is 6.61. The highest BCUT2D eigenvalue weighted by Crippen LogP contribution is 2.08. The Morgan fingerprint density at radius 2 is 1.95 bits per heavy atom. The van der Waals surface area contributed by atoms with Gasteiger partial charge in [0.2, 0.25) is 0 Å². The fourth-order valence-corrected chi connectivity index (χ4v) is 2.16. The lowest BCUT2D eigenvalue weighted by molar-refractivity contribution is 0.313. The summed E-state index contributed by atoms with van der Waals surface area (Å²) in [4.78, 5) is 4.55. The number of halogens is 1. The Bertz CT molecular complexity index is 390. The van der Waals surface area contributed by atoms with Crippen molar-refractivity contribution < 1.29 is 4.74 Å². The zero-order valence-electron chi connectivity index (χ0n) is 13.5.